The molecule has 0 radical (unpaired) electrons. The molecule has 5 heteroatoms. The molecule has 1 fully saturated rings. The number of thiophene rings is 1. The van der Waals surface area contributed by atoms with Crippen molar-refractivity contribution in [3.63, 3.8) is 0 Å². The monoisotopic (exact) mass is 330 g/mol. The molecule has 0 N–H and O–H groups in total. The number of piperazine rings is 1. The van der Waals surface area contributed by atoms with Gasteiger partial charge in [-0.2, -0.15) is 0 Å². The second-order valence-corrected chi connectivity index (χ2v) is 6.84. The van der Waals surface area contributed by atoms with Crippen LogP contribution >= 0.6 is 11.3 Å². The molecule has 1 aliphatic rings. The van der Waals surface area contributed by atoms with Gasteiger partial charge in [0.2, 0.25) is 5.91 Å². The topological polar surface area (TPSA) is 32.8 Å². The van der Waals surface area contributed by atoms with Gasteiger partial charge in [0.05, 0.1) is 13.2 Å². The van der Waals surface area contributed by atoms with Crippen molar-refractivity contribution in [3.05, 3.63) is 52.2 Å². The first-order valence-electron chi connectivity index (χ1n) is 7.83. The zero-order valence-electron chi connectivity index (χ0n) is 13.6. The minimum atomic E-state index is 0.152. The predicted molar refractivity (Wildman–Crippen MR) is 92.7 cm³/mol. The van der Waals surface area contributed by atoms with Crippen molar-refractivity contribution < 1.29 is 9.53 Å². The number of methoxy groups -OCH3 is 1. The van der Waals surface area contributed by atoms with Crippen LogP contribution in [-0.4, -0.2) is 42.5 Å². The molecule has 0 saturated carbocycles. The summed E-state index contributed by atoms with van der Waals surface area (Å²) >= 11 is 1.78. The molecule has 1 saturated heterocycles. The van der Waals surface area contributed by atoms with Crippen LogP contribution in [0.1, 0.15) is 23.4 Å². The quantitative estimate of drug-likeness (QED) is 0.863. The van der Waals surface area contributed by atoms with Crippen LogP contribution < -0.4 is 4.74 Å². The fraction of sp³-hybridized carbons (Fsp3) is 0.389. The Labute approximate surface area is 141 Å². The highest BCUT2D eigenvalue weighted by atomic mass is 32.1. The van der Waals surface area contributed by atoms with E-state index in [1.54, 1.807) is 25.4 Å². The molecular formula is C18H22N2O2S. The lowest BCUT2D eigenvalue weighted by atomic mass is 10.0. The Morgan fingerprint density at radius 2 is 2.04 bits per heavy atom. The Morgan fingerprint density at radius 3 is 2.65 bits per heavy atom. The number of ether oxygens (including phenoxy) is 1. The van der Waals surface area contributed by atoms with E-state index in [4.69, 9.17) is 4.74 Å². The first-order valence-corrected chi connectivity index (χ1v) is 8.71. The van der Waals surface area contributed by atoms with Crippen LogP contribution in [-0.2, 0) is 11.3 Å². The van der Waals surface area contributed by atoms with Gasteiger partial charge < -0.3 is 9.64 Å². The Kier molecular flexibility index (Phi) is 4.98. The molecule has 1 aromatic heterocycles. The van der Waals surface area contributed by atoms with E-state index in [1.165, 1.54) is 10.4 Å². The number of carbonyl (C=O) groups excluding carboxylic acids is 1. The summed E-state index contributed by atoms with van der Waals surface area (Å²) in [5.74, 6) is 1.01. The summed E-state index contributed by atoms with van der Waals surface area (Å²) in [6.07, 6.45) is 0. The third-order valence-corrected chi connectivity index (χ3v) is 5.24. The van der Waals surface area contributed by atoms with E-state index in [9.17, 15) is 4.79 Å². The molecule has 0 aliphatic carbocycles. The van der Waals surface area contributed by atoms with E-state index >= 15 is 0 Å². The molecule has 2 heterocycles. The van der Waals surface area contributed by atoms with Crippen molar-refractivity contribution in [2.24, 2.45) is 0 Å². The minimum Gasteiger partial charge on any atom is -0.497 e. The number of hydrogen-bond donors (Lipinski definition) is 0. The molecule has 1 aliphatic heterocycles. The average Bonchev–Trinajstić information content (AvgIpc) is 3.08. The van der Waals surface area contributed by atoms with Gasteiger partial charge in [-0.05, 0) is 29.1 Å². The van der Waals surface area contributed by atoms with Crippen molar-refractivity contribution in [2.75, 3.05) is 26.7 Å². The van der Waals surface area contributed by atoms with Gasteiger partial charge >= 0.3 is 0 Å². The average molecular weight is 330 g/mol. The lowest BCUT2D eigenvalue weighted by Crippen LogP contribution is -2.49. The van der Waals surface area contributed by atoms with Crippen LogP contribution in [0.3, 0.4) is 0 Å². The van der Waals surface area contributed by atoms with Crippen molar-refractivity contribution >= 4 is 17.2 Å². The summed E-state index contributed by atoms with van der Waals surface area (Å²) in [6.45, 7) is 5.02. The molecule has 2 aromatic rings. The number of amides is 1. The van der Waals surface area contributed by atoms with Crippen LogP contribution in [0.25, 0.3) is 0 Å². The third kappa shape index (κ3) is 3.74. The summed E-state index contributed by atoms with van der Waals surface area (Å²) in [4.78, 5) is 17.6. The molecule has 23 heavy (non-hydrogen) atoms. The van der Waals surface area contributed by atoms with E-state index in [0.717, 1.165) is 31.9 Å². The molecule has 1 unspecified atom stereocenters. The molecule has 1 atom stereocenters. The lowest BCUT2D eigenvalue weighted by molar-refractivity contribution is -0.132. The van der Waals surface area contributed by atoms with Crippen LogP contribution in [0.4, 0.5) is 0 Å². The maximum absolute atomic E-state index is 11.8. The normalized spacial score (nSPS) is 18.9. The fourth-order valence-electron chi connectivity index (χ4n) is 3.04. The maximum Gasteiger partial charge on any atom is 0.219 e. The lowest BCUT2D eigenvalue weighted by Gasteiger charge is -2.41. The van der Waals surface area contributed by atoms with E-state index < -0.39 is 0 Å². The number of nitrogens with zero attached hydrogens (tertiary/aromatic N) is 2. The van der Waals surface area contributed by atoms with Gasteiger partial charge in [-0.1, -0.05) is 18.2 Å². The van der Waals surface area contributed by atoms with E-state index in [2.05, 4.69) is 34.5 Å². The molecule has 3 rings (SSSR count). The zero-order valence-corrected chi connectivity index (χ0v) is 14.4. The number of hydrogen-bond acceptors (Lipinski definition) is 4. The van der Waals surface area contributed by atoms with Crippen molar-refractivity contribution in [1.82, 2.24) is 9.80 Å². The SMILES string of the molecule is COc1ccc(C2CN(C(C)=O)CCN2Cc2cccs2)cc1. The Bertz CT molecular complexity index is 640. The summed E-state index contributed by atoms with van der Waals surface area (Å²) in [6, 6.07) is 12.7. The van der Waals surface area contributed by atoms with Gasteiger partial charge in [0, 0.05) is 38.0 Å². The number of benzene rings is 1. The highest BCUT2D eigenvalue weighted by Gasteiger charge is 2.29. The molecule has 0 spiro atoms. The van der Waals surface area contributed by atoms with Crippen molar-refractivity contribution in [1.29, 1.82) is 0 Å². The van der Waals surface area contributed by atoms with E-state index in [-0.39, 0.29) is 11.9 Å². The van der Waals surface area contributed by atoms with E-state index in [1.807, 2.05) is 17.0 Å². The molecule has 122 valence electrons. The van der Waals surface area contributed by atoms with Crippen molar-refractivity contribution in [3.8, 4) is 5.75 Å². The van der Waals surface area contributed by atoms with Gasteiger partial charge in [-0.25, -0.2) is 0 Å². The van der Waals surface area contributed by atoms with Crippen LogP contribution in [0.5, 0.6) is 5.75 Å². The molecule has 1 amide bonds. The second kappa shape index (κ2) is 7.15. The van der Waals surface area contributed by atoms with Crippen molar-refractivity contribution in [2.45, 2.75) is 19.5 Å². The molecular weight excluding hydrogens is 308 g/mol. The molecule has 0 bridgehead atoms. The van der Waals surface area contributed by atoms with Gasteiger partial charge in [0.1, 0.15) is 5.75 Å². The van der Waals surface area contributed by atoms with Crippen LogP contribution in [0.2, 0.25) is 0 Å². The molecule has 4 nitrogen and oxygen atoms in total. The van der Waals surface area contributed by atoms with Crippen LogP contribution in [0, 0.1) is 0 Å². The highest BCUT2D eigenvalue weighted by Crippen LogP contribution is 2.29. The summed E-state index contributed by atoms with van der Waals surface area (Å²) in [7, 11) is 1.68. The van der Waals surface area contributed by atoms with Crippen LogP contribution in [0.15, 0.2) is 41.8 Å². The standard InChI is InChI=1S/C18H22N2O2S/c1-14(21)19-9-10-20(12-17-4-3-11-23-17)18(13-19)15-5-7-16(22-2)8-6-15/h3-8,11,18H,9-10,12-13H2,1-2H3. The second-order valence-electron chi connectivity index (χ2n) is 5.80. The zero-order chi connectivity index (χ0) is 16.2. The van der Waals surface area contributed by atoms with Gasteiger partial charge in [-0.3, -0.25) is 9.69 Å². The predicted octanol–water partition coefficient (Wildman–Crippen LogP) is 3.16. The number of rotatable bonds is 4. The largest absolute Gasteiger partial charge is 0.497 e. The fourth-order valence-corrected chi connectivity index (χ4v) is 3.77. The first-order chi connectivity index (χ1) is 11.2. The summed E-state index contributed by atoms with van der Waals surface area (Å²) < 4.78 is 5.25. The minimum absolute atomic E-state index is 0.152. The third-order valence-electron chi connectivity index (χ3n) is 4.38. The first kappa shape index (κ1) is 16.0. The Morgan fingerprint density at radius 1 is 1.26 bits per heavy atom. The smallest absolute Gasteiger partial charge is 0.219 e. The number of carbonyl (C=O) groups is 1. The van der Waals surface area contributed by atoms with E-state index in [0.29, 0.717) is 0 Å². The Hall–Kier alpha value is -1.85. The summed E-state index contributed by atoms with van der Waals surface area (Å²) in [5.41, 5.74) is 1.23. The van der Waals surface area contributed by atoms with Gasteiger partial charge in [0.15, 0.2) is 0 Å². The van der Waals surface area contributed by atoms with Gasteiger partial charge in [-0.15, -0.1) is 11.3 Å². The molecule has 1 aromatic carbocycles. The van der Waals surface area contributed by atoms with Gasteiger partial charge in [0.25, 0.3) is 0 Å². The highest BCUT2D eigenvalue weighted by molar-refractivity contribution is 7.09. The summed E-state index contributed by atoms with van der Waals surface area (Å²) in [5, 5.41) is 2.11. The maximum atomic E-state index is 11.8. The Balaban J connectivity index is 1.82.